The molecule has 1 spiro atoms. The van der Waals surface area contributed by atoms with Gasteiger partial charge in [-0.25, -0.2) is 0 Å². The zero-order valence-corrected chi connectivity index (χ0v) is 11.4. The van der Waals surface area contributed by atoms with Crippen LogP contribution in [0.3, 0.4) is 0 Å². The van der Waals surface area contributed by atoms with Gasteiger partial charge in [0, 0.05) is 23.8 Å². The fraction of sp³-hybridized carbons (Fsp3) is 0.923. The molecule has 3 nitrogen and oxygen atoms in total. The van der Waals surface area contributed by atoms with Crippen LogP contribution in [0.5, 0.6) is 0 Å². The van der Waals surface area contributed by atoms with Gasteiger partial charge in [-0.3, -0.25) is 4.99 Å². The van der Waals surface area contributed by atoms with Crippen LogP contribution in [-0.4, -0.2) is 35.7 Å². The van der Waals surface area contributed by atoms with Crippen molar-refractivity contribution in [3.63, 3.8) is 0 Å². The Hall–Kier alpha value is -0.220. The lowest BCUT2D eigenvalue weighted by molar-refractivity contribution is 0.0497. The van der Waals surface area contributed by atoms with Crippen LogP contribution >= 0.6 is 11.8 Å². The first-order valence-corrected chi connectivity index (χ1v) is 7.83. The van der Waals surface area contributed by atoms with Gasteiger partial charge in [0.25, 0.3) is 0 Å². The third-order valence-corrected chi connectivity index (χ3v) is 5.47. The number of thioether (sulfide) groups is 1. The highest BCUT2D eigenvalue weighted by Gasteiger charge is 2.40. The molecule has 96 valence electrons. The van der Waals surface area contributed by atoms with E-state index in [0.29, 0.717) is 17.5 Å². The van der Waals surface area contributed by atoms with Crippen LogP contribution < -0.4 is 5.32 Å². The van der Waals surface area contributed by atoms with Crippen LogP contribution in [-0.2, 0) is 4.74 Å². The molecule has 0 amide bonds. The summed E-state index contributed by atoms with van der Waals surface area (Å²) in [6.45, 7) is 4.00. The number of hydrogen-bond donors (Lipinski definition) is 1. The number of amidine groups is 1. The zero-order valence-electron chi connectivity index (χ0n) is 10.6. The molecule has 3 rings (SSSR count). The zero-order chi connectivity index (χ0) is 11.7. The van der Waals surface area contributed by atoms with Gasteiger partial charge < -0.3 is 10.1 Å². The van der Waals surface area contributed by atoms with Crippen molar-refractivity contribution >= 4 is 16.9 Å². The first-order valence-electron chi connectivity index (χ1n) is 6.84. The van der Waals surface area contributed by atoms with Crippen molar-refractivity contribution in [2.75, 3.05) is 19.0 Å². The summed E-state index contributed by atoms with van der Waals surface area (Å²) in [5, 5.41) is 4.91. The SMILES string of the molecule is CC1COCCC1N=C1NC2(CCCC2)CS1. The molecule has 0 aromatic carbocycles. The number of nitrogens with zero attached hydrogens (tertiary/aromatic N) is 1. The summed E-state index contributed by atoms with van der Waals surface area (Å²) < 4.78 is 5.47. The van der Waals surface area contributed by atoms with E-state index in [2.05, 4.69) is 12.2 Å². The van der Waals surface area contributed by atoms with Crippen LogP contribution in [0.25, 0.3) is 0 Å². The Bertz CT molecular complexity index is 313. The molecule has 1 N–H and O–H groups in total. The van der Waals surface area contributed by atoms with Gasteiger partial charge in [0.05, 0.1) is 12.6 Å². The second-order valence-corrected chi connectivity index (χ2v) is 6.71. The van der Waals surface area contributed by atoms with Gasteiger partial charge >= 0.3 is 0 Å². The maximum Gasteiger partial charge on any atom is 0.157 e. The predicted octanol–water partition coefficient (Wildman–Crippen LogP) is 2.42. The molecule has 1 saturated carbocycles. The molecule has 3 fully saturated rings. The first kappa shape index (κ1) is 11.8. The highest BCUT2D eigenvalue weighted by Crippen LogP contribution is 2.37. The Kier molecular flexibility index (Phi) is 3.35. The summed E-state index contributed by atoms with van der Waals surface area (Å²) in [5.74, 6) is 1.79. The monoisotopic (exact) mass is 254 g/mol. The molecule has 0 bridgehead atoms. The molecule has 4 heteroatoms. The quantitative estimate of drug-likeness (QED) is 0.780. The molecular weight excluding hydrogens is 232 g/mol. The van der Waals surface area contributed by atoms with Crippen molar-refractivity contribution in [2.24, 2.45) is 10.9 Å². The summed E-state index contributed by atoms with van der Waals surface area (Å²) in [5.41, 5.74) is 0.401. The molecular formula is C13H22N2OS. The predicted molar refractivity (Wildman–Crippen MR) is 72.6 cm³/mol. The van der Waals surface area contributed by atoms with E-state index in [1.54, 1.807) is 0 Å². The normalized spacial score (nSPS) is 38.8. The van der Waals surface area contributed by atoms with Gasteiger partial charge in [0.15, 0.2) is 5.17 Å². The number of ether oxygens (including phenoxy) is 1. The third kappa shape index (κ3) is 2.48. The number of rotatable bonds is 1. The Morgan fingerprint density at radius 2 is 2.24 bits per heavy atom. The highest BCUT2D eigenvalue weighted by molar-refractivity contribution is 8.14. The van der Waals surface area contributed by atoms with E-state index in [4.69, 9.17) is 9.73 Å². The standard InChI is InChI=1S/C13H22N2OS/c1-10-8-16-7-4-11(10)14-12-15-13(9-17-12)5-2-3-6-13/h10-11H,2-9H2,1H3,(H,14,15). The fourth-order valence-corrected chi connectivity index (χ4v) is 4.38. The molecule has 0 radical (unpaired) electrons. The topological polar surface area (TPSA) is 33.6 Å². The minimum absolute atomic E-state index is 0.401. The van der Waals surface area contributed by atoms with E-state index in [0.717, 1.165) is 19.6 Å². The van der Waals surface area contributed by atoms with Crippen LogP contribution in [0, 0.1) is 5.92 Å². The van der Waals surface area contributed by atoms with Crippen LogP contribution in [0.15, 0.2) is 4.99 Å². The van der Waals surface area contributed by atoms with Gasteiger partial charge in [-0.15, -0.1) is 0 Å². The molecule has 3 aliphatic rings. The second-order valence-electron chi connectivity index (χ2n) is 5.74. The van der Waals surface area contributed by atoms with E-state index in [1.165, 1.54) is 36.6 Å². The minimum Gasteiger partial charge on any atom is -0.381 e. The van der Waals surface area contributed by atoms with Crippen LogP contribution in [0.2, 0.25) is 0 Å². The summed E-state index contributed by atoms with van der Waals surface area (Å²) in [7, 11) is 0. The number of aliphatic imine (C=N–C) groups is 1. The van der Waals surface area contributed by atoms with E-state index < -0.39 is 0 Å². The van der Waals surface area contributed by atoms with Gasteiger partial charge in [-0.2, -0.15) is 0 Å². The third-order valence-electron chi connectivity index (χ3n) is 4.30. The Balaban J connectivity index is 1.64. The largest absolute Gasteiger partial charge is 0.381 e. The minimum atomic E-state index is 0.401. The van der Waals surface area contributed by atoms with E-state index >= 15 is 0 Å². The van der Waals surface area contributed by atoms with Crippen molar-refractivity contribution in [1.82, 2.24) is 5.32 Å². The van der Waals surface area contributed by atoms with Crippen molar-refractivity contribution in [3.05, 3.63) is 0 Å². The van der Waals surface area contributed by atoms with E-state index in [9.17, 15) is 0 Å². The van der Waals surface area contributed by atoms with Crippen LogP contribution in [0.4, 0.5) is 0 Å². The van der Waals surface area contributed by atoms with Crippen molar-refractivity contribution < 1.29 is 4.74 Å². The van der Waals surface area contributed by atoms with Gasteiger partial charge in [-0.05, 0) is 19.3 Å². The molecule has 2 aliphatic heterocycles. The number of nitrogens with one attached hydrogen (secondary N) is 1. The maximum atomic E-state index is 5.47. The smallest absolute Gasteiger partial charge is 0.157 e. The van der Waals surface area contributed by atoms with Crippen molar-refractivity contribution in [3.8, 4) is 0 Å². The molecule has 17 heavy (non-hydrogen) atoms. The number of hydrogen-bond acceptors (Lipinski definition) is 3. The molecule has 0 aromatic heterocycles. The Labute approximate surface area is 108 Å². The summed E-state index contributed by atoms with van der Waals surface area (Å²) in [4.78, 5) is 4.92. The average Bonchev–Trinajstić information content (AvgIpc) is 2.94. The van der Waals surface area contributed by atoms with Gasteiger partial charge in [-0.1, -0.05) is 31.5 Å². The lowest BCUT2D eigenvalue weighted by Gasteiger charge is -2.26. The van der Waals surface area contributed by atoms with Crippen LogP contribution in [0.1, 0.15) is 39.0 Å². The second kappa shape index (κ2) is 4.81. The molecule has 2 heterocycles. The van der Waals surface area contributed by atoms with E-state index in [-0.39, 0.29) is 0 Å². The fourth-order valence-electron chi connectivity index (χ4n) is 3.11. The lowest BCUT2D eigenvalue weighted by atomic mass is 9.99. The molecule has 2 atom stereocenters. The molecule has 0 aromatic rings. The van der Waals surface area contributed by atoms with Gasteiger partial charge in [0.2, 0.25) is 0 Å². The molecule has 2 saturated heterocycles. The Morgan fingerprint density at radius 1 is 1.41 bits per heavy atom. The summed E-state index contributed by atoms with van der Waals surface area (Å²) in [6.07, 6.45) is 6.52. The Morgan fingerprint density at radius 3 is 3.00 bits per heavy atom. The molecule has 2 unspecified atom stereocenters. The lowest BCUT2D eigenvalue weighted by Crippen LogP contribution is -2.41. The summed E-state index contributed by atoms with van der Waals surface area (Å²) >= 11 is 1.93. The maximum absolute atomic E-state index is 5.47. The highest BCUT2D eigenvalue weighted by atomic mass is 32.2. The van der Waals surface area contributed by atoms with Crippen molar-refractivity contribution in [1.29, 1.82) is 0 Å². The van der Waals surface area contributed by atoms with Crippen molar-refractivity contribution in [2.45, 2.75) is 50.6 Å². The van der Waals surface area contributed by atoms with E-state index in [1.807, 2.05) is 11.8 Å². The first-order chi connectivity index (χ1) is 8.27. The molecule has 1 aliphatic carbocycles. The summed E-state index contributed by atoms with van der Waals surface area (Å²) in [6, 6.07) is 0.468. The average molecular weight is 254 g/mol. The van der Waals surface area contributed by atoms with Gasteiger partial charge in [0.1, 0.15) is 0 Å².